The minimum absolute atomic E-state index is 0.164. The summed E-state index contributed by atoms with van der Waals surface area (Å²) >= 11 is 0. The van der Waals surface area contributed by atoms with Gasteiger partial charge in [0.05, 0.1) is 5.60 Å². The van der Waals surface area contributed by atoms with Gasteiger partial charge in [0.25, 0.3) is 5.56 Å². The van der Waals surface area contributed by atoms with Crippen LogP contribution < -0.4 is 5.56 Å². The van der Waals surface area contributed by atoms with Gasteiger partial charge in [-0.2, -0.15) is 0 Å². The number of allylic oxidation sites excluding steroid dienone is 1. The minimum Gasteiger partial charge on any atom is -0.386 e. The van der Waals surface area contributed by atoms with Gasteiger partial charge < -0.3 is 9.67 Å². The van der Waals surface area contributed by atoms with Crippen molar-refractivity contribution in [1.82, 2.24) is 4.57 Å². The second-order valence-electron chi connectivity index (χ2n) is 7.91. The number of pyridine rings is 1. The third-order valence-corrected chi connectivity index (χ3v) is 5.40. The summed E-state index contributed by atoms with van der Waals surface area (Å²) in [6, 6.07) is 8.04. The van der Waals surface area contributed by atoms with E-state index in [1.807, 2.05) is 35.0 Å². The molecule has 0 saturated heterocycles. The predicted molar refractivity (Wildman–Crippen MR) is 101 cm³/mol. The lowest BCUT2D eigenvalue weighted by atomic mass is 9.94. The first-order valence-corrected chi connectivity index (χ1v) is 9.19. The van der Waals surface area contributed by atoms with Crippen LogP contribution in [0.2, 0.25) is 0 Å². The van der Waals surface area contributed by atoms with E-state index in [0.29, 0.717) is 0 Å². The van der Waals surface area contributed by atoms with E-state index >= 15 is 0 Å². The number of rotatable bonds is 5. The first kappa shape index (κ1) is 16.3. The Morgan fingerprint density at radius 3 is 2.56 bits per heavy atom. The molecule has 0 unspecified atom stereocenters. The molecule has 25 heavy (non-hydrogen) atoms. The maximum Gasteiger partial charge on any atom is 0.254 e. The lowest BCUT2D eigenvalue weighted by Gasteiger charge is -2.19. The van der Waals surface area contributed by atoms with E-state index in [1.165, 1.54) is 12.8 Å². The molecule has 0 atom stereocenters. The zero-order valence-electron chi connectivity index (χ0n) is 15.0. The quantitative estimate of drug-likeness (QED) is 0.893. The monoisotopic (exact) mass is 335 g/mol. The van der Waals surface area contributed by atoms with Crippen molar-refractivity contribution in [2.24, 2.45) is 5.92 Å². The molecule has 0 amide bonds. The number of benzene rings is 1. The fourth-order valence-corrected chi connectivity index (χ4v) is 3.60. The Hall–Kier alpha value is -2.13. The molecule has 1 saturated carbocycles. The number of nitrogens with zero attached hydrogens (tertiary/aromatic N) is 1. The van der Waals surface area contributed by atoms with Crippen LogP contribution in [0, 0.1) is 5.92 Å². The van der Waals surface area contributed by atoms with Gasteiger partial charge in [0.15, 0.2) is 0 Å². The Morgan fingerprint density at radius 2 is 1.92 bits per heavy atom. The molecule has 0 radical (unpaired) electrons. The lowest BCUT2D eigenvalue weighted by Crippen LogP contribution is -2.24. The van der Waals surface area contributed by atoms with Crippen LogP contribution in [-0.2, 0) is 18.6 Å². The number of aryl methyl sites for hydroxylation is 1. The molecule has 1 aromatic carbocycles. The highest BCUT2D eigenvalue weighted by molar-refractivity contribution is 5.78. The maximum absolute atomic E-state index is 12.8. The number of fused-ring (bicyclic) bond motifs is 1. The molecule has 4 rings (SSSR count). The van der Waals surface area contributed by atoms with Gasteiger partial charge in [-0.1, -0.05) is 49.3 Å². The largest absolute Gasteiger partial charge is 0.386 e. The number of aromatic nitrogens is 1. The molecule has 0 bridgehead atoms. The summed E-state index contributed by atoms with van der Waals surface area (Å²) in [5.74, 6) is 0.813. The molecular weight excluding hydrogens is 310 g/mol. The van der Waals surface area contributed by atoms with Crippen LogP contribution in [0.4, 0.5) is 0 Å². The molecule has 0 aliphatic heterocycles. The standard InChI is InChI=1S/C22H25NO2/c1-22(2,25)17-10-8-16(9-11-17)20-14-23(13-12-15-6-7-15)21(24)19-5-3-4-18(19)20/h3-4,8-11,14-15,25H,5-7,12-13H2,1-2H3. The van der Waals surface area contributed by atoms with Gasteiger partial charge in [0.1, 0.15) is 0 Å². The first-order valence-electron chi connectivity index (χ1n) is 9.19. The Balaban J connectivity index is 1.75. The van der Waals surface area contributed by atoms with Gasteiger partial charge in [-0.3, -0.25) is 4.79 Å². The highest BCUT2D eigenvalue weighted by atomic mass is 16.3. The number of aliphatic hydroxyl groups is 1. The zero-order chi connectivity index (χ0) is 17.6. The van der Waals surface area contributed by atoms with Crippen molar-refractivity contribution in [3.63, 3.8) is 0 Å². The SMILES string of the molecule is CC(C)(O)c1ccc(-c2cn(CCC3CC3)c(=O)c3c2C=CC3)cc1. The molecule has 1 N–H and O–H groups in total. The van der Waals surface area contributed by atoms with Gasteiger partial charge in [-0.05, 0) is 49.3 Å². The van der Waals surface area contributed by atoms with Crippen molar-refractivity contribution in [2.75, 3.05) is 0 Å². The van der Waals surface area contributed by atoms with Gasteiger partial charge >= 0.3 is 0 Å². The van der Waals surface area contributed by atoms with E-state index in [4.69, 9.17) is 0 Å². The van der Waals surface area contributed by atoms with E-state index < -0.39 is 5.60 Å². The molecule has 1 heterocycles. The van der Waals surface area contributed by atoms with Crippen molar-refractivity contribution in [3.8, 4) is 11.1 Å². The molecule has 2 aromatic rings. The summed E-state index contributed by atoms with van der Waals surface area (Å²) in [4.78, 5) is 12.8. The fraction of sp³-hybridized carbons (Fsp3) is 0.409. The van der Waals surface area contributed by atoms with Crippen LogP contribution in [0.1, 0.15) is 49.8 Å². The highest BCUT2D eigenvalue weighted by Gasteiger charge is 2.23. The van der Waals surface area contributed by atoms with Gasteiger partial charge in [-0.25, -0.2) is 0 Å². The van der Waals surface area contributed by atoms with E-state index in [0.717, 1.165) is 53.1 Å². The molecule has 3 heteroatoms. The summed E-state index contributed by atoms with van der Waals surface area (Å²) < 4.78 is 1.91. The summed E-state index contributed by atoms with van der Waals surface area (Å²) in [5, 5.41) is 10.2. The molecular formula is C22H25NO2. The third-order valence-electron chi connectivity index (χ3n) is 5.40. The molecule has 3 nitrogen and oxygen atoms in total. The van der Waals surface area contributed by atoms with E-state index in [2.05, 4.69) is 12.2 Å². The second kappa shape index (κ2) is 5.99. The normalized spacial score (nSPS) is 16.3. The molecule has 1 aromatic heterocycles. The fourth-order valence-electron chi connectivity index (χ4n) is 3.60. The summed E-state index contributed by atoms with van der Waals surface area (Å²) in [6.07, 6.45) is 10.6. The molecule has 2 aliphatic rings. The van der Waals surface area contributed by atoms with Crippen LogP contribution in [-0.4, -0.2) is 9.67 Å². The smallest absolute Gasteiger partial charge is 0.254 e. The summed E-state index contributed by atoms with van der Waals surface area (Å²) in [5.41, 5.74) is 4.40. The van der Waals surface area contributed by atoms with Crippen molar-refractivity contribution >= 4 is 6.08 Å². The number of hydrogen-bond donors (Lipinski definition) is 1. The van der Waals surface area contributed by atoms with Gasteiger partial charge in [-0.15, -0.1) is 0 Å². The maximum atomic E-state index is 12.8. The van der Waals surface area contributed by atoms with Crippen molar-refractivity contribution in [1.29, 1.82) is 0 Å². The van der Waals surface area contributed by atoms with Gasteiger partial charge in [0, 0.05) is 23.9 Å². The Morgan fingerprint density at radius 1 is 1.20 bits per heavy atom. The van der Waals surface area contributed by atoms with E-state index in [-0.39, 0.29) is 5.56 Å². The summed E-state index contributed by atoms with van der Waals surface area (Å²) in [6.45, 7) is 4.40. The summed E-state index contributed by atoms with van der Waals surface area (Å²) in [7, 11) is 0. The zero-order valence-corrected chi connectivity index (χ0v) is 15.0. The van der Waals surface area contributed by atoms with Crippen LogP contribution in [0.3, 0.4) is 0 Å². The Kier molecular flexibility index (Phi) is 3.92. The van der Waals surface area contributed by atoms with Gasteiger partial charge in [0.2, 0.25) is 0 Å². The van der Waals surface area contributed by atoms with E-state index in [9.17, 15) is 9.90 Å². The van der Waals surface area contributed by atoms with Crippen LogP contribution in [0.25, 0.3) is 17.2 Å². The molecule has 0 spiro atoms. The molecule has 2 aliphatic carbocycles. The lowest BCUT2D eigenvalue weighted by molar-refractivity contribution is 0.0786. The topological polar surface area (TPSA) is 42.2 Å². The predicted octanol–water partition coefficient (Wildman–Crippen LogP) is 4.11. The third kappa shape index (κ3) is 3.21. The first-order chi connectivity index (χ1) is 11.9. The average Bonchev–Trinajstić information content (AvgIpc) is 3.28. The van der Waals surface area contributed by atoms with Crippen molar-refractivity contribution < 1.29 is 5.11 Å². The highest BCUT2D eigenvalue weighted by Crippen LogP contribution is 2.34. The Bertz CT molecular complexity index is 878. The van der Waals surface area contributed by atoms with Crippen LogP contribution >= 0.6 is 0 Å². The molecule has 130 valence electrons. The minimum atomic E-state index is -0.844. The van der Waals surface area contributed by atoms with Crippen molar-refractivity contribution in [3.05, 3.63) is 63.6 Å². The number of hydrogen-bond acceptors (Lipinski definition) is 2. The van der Waals surface area contributed by atoms with E-state index in [1.54, 1.807) is 13.8 Å². The van der Waals surface area contributed by atoms with Crippen LogP contribution in [0.5, 0.6) is 0 Å². The van der Waals surface area contributed by atoms with Crippen molar-refractivity contribution in [2.45, 2.75) is 51.7 Å². The second-order valence-corrected chi connectivity index (χ2v) is 7.91. The average molecular weight is 335 g/mol. The Labute approximate surface area is 148 Å². The molecule has 1 fully saturated rings. The van der Waals surface area contributed by atoms with Crippen LogP contribution in [0.15, 0.2) is 41.3 Å².